The molecule has 0 spiro atoms. The molecule has 0 aliphatic heterocycles. The molecule has 3 aromatic carbocycles. The third kappa shape index (κ3) is 6.39. The zero-order chi connectivity index (χ0) is 25.2. The number of carbonyl (C=O) groups is 2. The molecule has 0 radical (unpaired) electrons. The quantitative estimate of drug-likeness (QED) is 0.216. The minimum Gasteiger partial charge on any atom is -0.493 e. The first-order chi connectivity index (χ1) is 17.0. The van der Waals surface area contributed by atoms with Crippen LogP contribution in [-0.2, 0) is 11.3 Å². The number of methoxy groups -OCH3 is 3. The number of nitriles is 1. The number of ether oxygens (including phenoxy) is 4. The number of amides is 1. The second-order valence-corrected chi connectivity index (χ2v) is 7.21. The molecule has 0 bridgehead atoms. The zero-order valence-electron chi connectivity index (χ0n) is 19.5. The molecule has 0 atom stereocenters. The lowest BCUT2D eigenvalue weighted by Crippen LogP contribution is -2.23. The van der Waals surface area contributed by atoms with Crippen molar-refractivity contribution in [2.45, 2.75) is 6.54 Å². The molecule has 1 N–H and O–H groups in total. The second kappa shape index (κ2) is 11.9. The number of esters is 1. The predicted molar refractivity (Wildman–Crippen MR) is 129 cm³/mol. The molecule has 1 amide bonds. The molecule has 3 aromatic rings. The SMILES string of the molecule is COc1ccc(C(=O)Oc2ccc(/C=C(\C#N)C(=O)NCc3ccccc3)cc2OC)cc1OC. The molecule has 0 aromatic heterocycles. The van der Waals surface area contributed by atoms with Crippen LogP contribution in [0.1, 0.15) is 21.5 Å². The summed E-state index contributed by atoms with van der Waals surface area (Å²) in [5.74, 6) is 0.193. The van der Waals surface area contributed by atoms with Gasteiger partial charge in [0.15, 0.2) is 23.0 Å². The maximum absolute atomic E-state index is 12.7. The fourth-order valence-corrected chi connectivity index (χ4v) is 3.17. The van der Waals surface area contributed by atoms with Gasteiger partial charge >= 0.3 is 5.97 Å². The van der Waals surface area contributed by atoms with Crippen LogP contribution in [0.5, 0.6) is 23.0 Å². The minimum absolute atomic E-state index is 0.0712. The Bertz CT molecular complexity index is 1280. The zero-order valence-corrected chi connectivity index (χ0v) is 19.5. The summed E-state index contributed by atoms with van der Waals surface area (Å²) in [4.78, 5) is 25.1. The molecule has 0 saturated carbocycles. The van der Waals surface area contributed by atoms with E-state index in [1.807, 2.05) is 36.4 Å². The Morgan fingerprint density at radius 1 is 0.857 bits per heavy atom. The largest absolute Gasteiger partial charge is 0.493 e. The molecule has 0 saturated heterocycles. The van der Waals surface area contributed by atoms with Crippen molar-refractivity contribution in [1.29, 1.82) is 5.26 Å². The molecule has 0 aliphatic carbocycles. The van der Waals surface area contributed by atoms with Crippen molar-refractivity contribution in [3.8, 4) is 29.1 Å². The second-order valence-electron chi connectivity index (χ2n) is 7.21. The average molecular weight is 472 g/mol. The van der Waals surface area contributed by atoms with E-state index in [0.717, 1.165) is 5.56 Å². The van der Waals surface area contributed by atoms with E-state index in [9.17, 15) is 14.9 Å². The van der Waals surface area contributed by atoms with E-state index < -0.39 is 11.9 Å². The number of hydrogen-bond acceptors (Lipinski definition) is 7. The Hall–Kier alpha value is -4.77. The molecule has 3 rings (SSSR count). The fraction of sp³-hybridized carbons (Fsp3) is 0.148. The molecule has 0 aliphatic rings. The van der Waals surface area contributed by atoms with Crippen molar-refractivity contribution in [2.24, 2.45) is 0 Å². The summed E-state index contributed by atoms with van der Waals surface area (Å²) < 4.78 is 21.2. The third-order valence-corrected chi connectivity index (χ3v) is 4.98. The minimum atomic E-state index is -0.620. The van der Waals surface area contributed by atoms with Gasteiger partial charge < -0.3 is 24.3 Å². The van der Waals surface area contributed by atoms with Gasteiger partial charge in [-0.2, -0.15) is 5.26 Å². The Kier molecular flexibility index (Phi) is 8.46. The first-order valence-electron chi connectivity index (χ1n) is 10.5. The maximum atomic E-state index is 12.7. The van der Waals surface area contributed by atoms with Crippen LogP contribution in [0.15, 0.2) is 72.3 Å². The summed E-state index contributed by atoms with van der Waals surface area (Å²) in [5.41, 5.74) is 1.63. The van der Waals surface area contributed by atoms with E-state index in [4.69, 9.17) is 18.9 Å². The summed E-state index contributed by atoms with van der Waals surface area (Å²) in [6.07, 6.45) is 1.43. The first kappa shape index (κ1) is 24.9. The molecule has 0 heterocycles. The van der Waals surface area contributed by atoms with Crippen molar-refractivity contribution < 1.29 is 28.5 Å². The molecular weight excluding hydrogens is 448 g/mol. The molecule has 8 nitrogen and oxygen atoms in total. The van der Waals surface area contributed by atoms with E-state index in [1.54, 1.807) is 24.3 Å². The lowest BCUT2D eigenvalue weighted by molar-refractivity contribution is -0.117. The van der Waals surface area contributed by atoms with E-state index in [0.29, 0.717) is 23.6 Å². The van der Waals surface area contributed by atoms with Crippen molar-refractivity contribution in [3.05, 3.63) is 89.0 Å². The number of hydrogen-bond donors (Lipinski definition) is 1. The van der Waals surface area contributed by atoms with Crippen molar-refractivity contribution in [3.63, 3.8) is 0 Å². The smallest absolute Gasteiger partial charge is 0.343 e. The van der Waals surface area contributed by atoms with Gasteiger partial charge in [0.1, 0.15) is 11.6 Å². The lowest BCUT2D eigenvalue weighted by Gasteiger charge is -2.12. The standard InChI is InChI=1S/C27H24N2O6/c1-32-22-12-10-20(15-25(22)34-3)27(31)35-23-11-9-19(14-24(23)33-2)13-21(16-28)26(30)29-17-18-7-5-4-6-8-18/h4-15H,17H2,1-3H3,(H,29,30)/b21-13+. The highest BCUT2D eigenvalue weighted by molar-refractivity contribution is 6.01. The molecule has 8 heteroatoms. The van der Waals surface area contributed by atoms with Crippen LogP contribution in [-0.4, -0.2) is 33.2 Å². The summed E-state index contributed by atoms with van der Waals surface area (Å²) in [5, 5.41) is 12.2. The molecule has 178 valence electrons. The van der Waals surface area contributed by atoms with Gasteiger partial charge in [0, 0.05) is 6.54 Å². The fourth-order valence-electron chi connectivity index (χ4n) is 3.17. The highest BCUT2D eigenvalue weighted by Gasteiger charge is 2.16. The average Bonchev–Trinajstić information content (AvgIpc) is 2.90. The van der Waals surface area contributed by atoms with E-state index >= 15 is 0 Å². The van der Waals surface area contributed by atoms with Crippen LogP contribution in [0.4, 0.5) is 0 Å². The highest BCUT2D eigenvalue weighted by Crippen LogP contribution is 2.31. The van der Waals surface area contributed by atoms with Gasteiger partial charge in [-0.05, 0) is 47.5 Å². The molecule has 0 fully saturated rings. The van der Waals surface area contributed by atoms with Crippen LogP contribution >= 0.6 is 0 Å². The van der Waals surface area contributed by atoms with Crippen molar-refractivity contribution in [2.75, 3.05) is 21.3 Å². The van der Waals surface area contributed by atoms with E-state index in [-0.39, 0.29) is 22.6 Å². The van der Waals surface area contributed by atoms with Crippen molar-refractivity contribution >= 4 is 18.0 Å². The van der Waals surface area contributed by atoms with Gasteiger partial charge in [-0.15, -0.1) is 0 Å². The van der Waals surface area contributed by atoms with Gasteiger partial charge in [0.2, 0.25) is 0 Å². The Labute approximate surface area is 203 Å². The monoisotopic (exact) mass is 472 g/mol. The summed E-state index contributed by atoms with van der Waals surface area (Å²) in [6.45, 7) is 0.299. The lowest BCUT2D eigenvalue weighted by atomic mass is 10.1. The van der Waals surface area contributed by atoms with Gasteiger partial charge in [-0.3, -0.25) is 4.79 Å². The van der Waals surface area contributed by atoms with Gasteiger partial charge in [-0.1, -0.05) is 36.4 Å². The third-order valence-electron chi connectivity index (χ3n) is 4.98. The molecule has 35 heavy (non-hydrogen) atoms. The van der Waals surface area contributed by atoms with Gasteiger partial charge in [-0.25, -0.2) is 4.79 Å². The topological polar surface area (TPSA) is 107 Å². The summed E-state index contributed by atoms with van der Waals surface area (Å²) in [6, 6.07) is 20.7. The van der Waals surface area contributed by atoms with Crippen LogP contribution in [0, 0.1) is 11.3 Å². The number of rotatable bonds is 9. The summed E-state index contributed by atoms with van der Waals surface area (Å²) in [7, 11) is 4.40. The van der Waals surface area contributed by atoms with E-state index in [2.05, 4.69) is 5.32 Å². The first-order valence-corrected chi connectivity index (χ1v) is 10.5. The number of carbonyl (C=O) groups excluding carboxylic acids is 2. The number of nitrogens with one attached hydrogen (secondary N) is 1. The highest BCUT2D eigenvalue weighted by atomic mass is 16.6. The van der Waals surface area contributed by atoms with Crippen LogP contribution in [0.3, 0.4) is 0 Å². The normalized spacial score (nSPS) is 10.6. The van der Waals surface area contributed by atoms with Crippen LogP contribution < -0.4 is 24.3 Å². The van der Waals surface area contributed by atoms with Gasteiger partial charge in [0.25, 0.3) is 5.91 Å². The van der Waals surface area contributed by atoms with E-state index in [1.165, 1.54) is 39.5 Å². The van der Waals surface area contributed by atoms with Crippen LogP contribution in [0.25, 0.3) is 6.08 Å². The summed E-state index contributed by atoms with van der Waals surface area (Å²) >= 11 is 0. The Morgan fingerprint density at radius 2 is 1.51 bits per heavy atom. The Balaban J connectivity index is 1.75. The van der Waals surface area contributed by atoms with Gasteiger partial charge in [0.05, 0.1) is 26.9 Å². The Morgan fingerprint density at radius 3 is 2.17 bits per heavy atom. The molecular formula is C27H24N2O6. The maximum Gasteiger partial charge on any atom is 0.343 e. The van der Waals surface area contributed by atoms with Crippen LogP contribution in [0.2, 0.25) is 0 Å². The number of nitrogens with zero attached hydrogens (tertiary/aromatic N) is 1. The van der Waals surface area contributed by atoms with Crippen molar-refractivity contribution in [1.82, 2.24) is 5.32 Å². The number of benzene rings is 3. The predicted octanol–water partition coefficient (Wildman–Crippen LogP) is 4.15. The molecule has 0 unspecified atom stereocenters.